The minimum absolute atomic E-state index is 0.148. The summed E-state index contributed by atoms with van der Waals surface area (Å²) in [6.45, 7) is 5.26. The number of halogens is 1. The van der Waals surface area contributed by atoms with Crippen molar-refractivity contribution in [3.63, 3.8) is 0 Å². The molecule has 1 atom stereocenters. The van der Waals surface area contributed by atoms with E-state index in [4.69, 9.17) is 4.74 Å². The summed E-state index contributed by atoms with van der Waals surface area (Å²) in [7, 11) is 0. The van der Waals surface area contributed by atoms with Crippen LogP contribution in [0.1, 0.15) is 12.5 Å². The number of benzene rings is 1. The minimum Gasteiger partial charge on any atom is -0.378 e. The van der Waals surface area contributed by atoms with Crippen molar-refractivity contribution in [2.24, 2.45) is 0 Å². The second-order valence-electron chi connectivity index (χ2n) is 4.63. The summed E-state index contributed by atoms with van der Waals surface area (Å²) in [5.74, 6) is 0.148. The van der Waals surface area contributed by atoms with Gasteiger partial charge in [0.15, 0.2) is 0 Å². The number of amides is 1. The van der Waals surface area contributed by atoms with Crippen LogP contribution in [0.3, 0.4) is 0 Å². The van der Waals surface area contributed by atoms with Crippen LogP contribution < -0.4 is 5.32 Å². The van der Waals surface area contributed by atoms with E-state index in [1.807, 2.05) is 36.1 Å². The van der Waals surface area contributed by atoms with Crippen LogP contribution in [0.2, 0.25) is 0 Å². The van der Waals surface area contributed by atoms with Gasteiger partial charge >= 0.3 is 0 Å². The van der Waals surface area contributed by atoms with Crippen LogP contribution in [-0.2, 0) is 16.1 Å². The first kappa shape index (κ1) is 14.5. The monoisotopic (exact) mass is 326 g/mol. The van der Waals surface area contributed by atoms with Crippen molar-refractivity contribution in [2.45, 2.75) is 19.5 Å². The Morgan fingerprint density at radius 2 is 2.11 bits per heavy atom. The maximum atomic E-state index is 12.2. The number of hydrogen-bond acceptors (Lipinski definition) is 3. The van der Waals surface area contributed by atoms with E-state index in [9.17, 15) is 4.79 Å². The highest BCUT2D eigenvalue weighted by Gasteiger charge is 2.21. The third-order valence-corrected chi connectivity index (χ3v) is 4.02. The van der Waals surface area contributed by atoms with Crippen molar-refractivity contribution < 1.29 is 9.53 Å². The van der Waals surface area contributed by atoms with Crippen LogP contribution in [0.4, 0.5) is 0 Å². The molecule has 1 amide bonds. The molecule has 0 saturated carbocycles. The van der Waals surface area contributed by atoms with Gasteiger partial charge in [-0.25, -0.2) is 0 Å². The molecule has 0 aliphatic carbocycles. The zero-order chi connectivity index (χ0) is 13.7. The number of carbonyl (C=O) groups excluding carboxylic acids is 1. The Bertz CT molecular complexity index is 433. The minimum atomic E-state index is -0.176. The van der Waals surface area contributed by atoms with Crippen molar-refractivity contribution in [2.75, 3.05) is 26.3 Å². The second-order valence-corrected chi connectivity index (χ2v) is 5.49. The maximum Gasteiger partial charge on any atom is 0.239 e. The molecule has 0 bridgehead atoms. The molecule has 1 saturated heterocycles. The Kier molecular flexibility index (Phi) is 5.36. The molecule has 104 valence electrons. The summed E-state index contributed by atoms with van der Waals surface area (Å²) in [6, 6.07) is 7.85. The standard InChI is InChI=1S/C14H19BrN2O2/c1-11(14(18)17-6-8-19-9-7-17)16-10-12-4-2-3-5-13(12)15/h2-5,11,16H,6-10H2,1H3. The Morgan fingerprint density at radius 1 is 1.42 bits per heavy atom. The van der Waals surface area contributed by atoms with E-state index in [0.29, 0.717) is 32.8 Å². The van der Waals surface area contributed by atoms with Crippen LogP contribution in [0.15, 0.2) is 28.7 Å². The SMILES string of the molecule is CC(NCc1ccccc1Br)C(=O)N1CCOCC1. The first-order chi connectivity index (χ1) is 9.18. The first-order valence-electron chi connectivity index (χ1n) is 6.52. The lowest BCUT2D eigenvalue weighted by molar-refractivity contribution is -0.137. The summed E-state index contributed by atoms with van der Waals surface area (Å²) in [6.07, 6.45) is 0. The zero-order valence-corrected chi connectivity index (χ0v) is 12.6. The van der Waals surface area contributed by atoms with Crippen LogP contribution >= 0.6 is 15.9 Å². The van der Waals surface area contributed by atoms with Gasteiger partial charge in [0.2, 0.25) is 5.91 Å². The molecule has 2 rings (SSSR count). The Labute approximate surface area is 122 Å². The predicted molar refractivity (Wildman–Crippen MR) is 77.8 cm³/mol. The van der Waals surface area contributed by atoms with Gasteiger partial charge in [-0.3, -0.25) is 4.79 Å². The van der Waals surface area contributed by atoms with E-state index >= 15 is 0 Å². The smallest absolute Gasteiger partial charge is 0.239 e. The van der Waals surface area contributed by atoms with E-state index in [1.54, 1.807) is 0 Å². The Balaban J connectivity index is 1.85. The third-order valence-electron chi connectivity index (χ3n) is 3.25. The molecule has 0 aromatic heterocycles. The van der Waals surface area contributed by atoms with E-state index in [2.05, 4.69) is 21.2 Å². The first-order valence-corrected chi connectivity index (χ1v) is 7.31. The highest BCUT2D eigenvalue weighted by atomic mass is 79.9. The highest BCUT2D eigenvalue weighted by Crippen LogP contribution is 2.15. The van der Waals surface area contributed by atoms with E-state index in [0.717, 1.165) is 10.0 Å². The molecular formula is C14H19BrN2O2. The number of rotatable bonds is 4. The quantitative estimate of drug-likeness (QED) is 0.917. The number of ether oxygens (including phenoxy) is 1. The number of nitrogens with zero attached hydrogens (tertiary/aromatic N) is 1. The molecule has 1 aliphatic heterocycles. The van der Waals surface area contributed by atoms with Gasteiger partial charge in [-0.15, -0.1) is 0 Å². The second kappa shape index (κ2) is 7.03. The molecule has 1 heterocycles. The summed E-state index contributed by atoms with van der Waals surface area (Å²) in [5.41, 5.74) is 1.16. The fourth-order valence-electron chi connectivity index (χ4n) is 2.05. The molecule has 1 aromatic carbocycles. The summed E-state index contributed by atoms with van der Waals surface area (Å²) < 4.78 is 6.32. The molecule has 1 aromatic rings. The summed E-state index contributed by atoms with van der Waals surface area (Å²) >= 11 is 3.51. The average Bonchev–Trinajstić information content (AvgIpc) is 2.46. The van der Waals surface area contributed by atoms with Crippen molar-refractivity contribution in [1.82, 2.24) is 10.2 Å². The largest absolute Gasteiger partial charge is 0.378 e. The Morgan fingerprint density at radius 3 is 2.79 bits per heavy atom. The molecule has 19 heavy (non-hydrogen) atoms. The van der Waals surface area contributed by atoms with E-state index in [-0.39, 0.29) is 11.9 Å². The molecule has 0 spiro atoms. The van der Waals surface area contributed by atoms with Crippen molar-refractivity contribution in [1.29, 1.82) is 0 Å². The average molecular weight is 327 g/mol. The van der Waals surface area contributed by atoms with Gasteiger partial charge in [0.25, 0.3) is 0 Å². The topological polar surface area (TPSA) is 41.6 Å². The molecule has 1 aliphatic rings. The normalized spacial score (nSPS) is 17.3. The number of hydrogen-bond donors (Lipinski definition) is 1. The number of carbonyl (C=O) groups is 1. The summed E-state index contributed by atoms with van der Waals surface area (Å²) in [5, 5.41) is 3.27. The van der Waals surface area contributed by atoms with Crippen LogP contribution in [0.25, 0.3) is 0 Å². The van der Waals surface area contributed by atoms with E-state index in [1.165, 1.54) is 0 Å². The van der Waals surface area contributed by atoms with Crippen LogP contribution in [0, 0.1) is 0 Å². The molecule has 4 nitrogen and oxygen atoms in total. The lowest BCUT2D eigenvalue weighted by Crippen LogP contribution is -2.49. The fourth-order valence-corrected chi connectivity index (χ4v) is 2.47. The highest BCUT2D eigenvalue weighted by molar-refractivity contribution is 9.10. The van der Waals surface area contributed by atoms with Gasteiger partial charge in [-0.05, 0) is 18.6 Å². The van der Waals surface area contributed by atoms with Crippen molar-refractivity contribution >= 4 is 21.8 Å². The van der Waals surface area contributed by atoms with Gasteiger partial charge in [-0.2, -0.15) is 0 Å². The predicted octanol–water partition coefficient (Wildman–Crippen LogP) is 1.79. The number of nitrogens with one attached hydrogen (secondary N) is 1. The lowest BCUT2D eigenvalue weighted by atomic mass is 10.2. The van der Waals surface area contributed by atoms with Crippen LogP contribution in [-0.4, -0.2) is 43.2 Å². The third kappa shape index (κ3) is 4.03. The van der Waals surface area contributed by atoms with Gasteiger partial charge in [-0.1, -0.05) is 34.1 Å². The molecule has 1 unspecified atom stereocenters. The Hall–Kier alpha value is -0.910. The van der Waals surface area contributed by atoms with Gasteiger partial charge in [0, 0.05) is 24.1 Å². The van der Waals surface area contributed by atoms with E-state index < -0.39 is 0 Å². The lowest BCUT2D eigenvalue weighted by Gasteiger charge is -2.29. The molecule has 1 N–H and O–H groups in total. The van der Waals surface area contributed by atoms with Gasteiger partial charge in [0.05, 0.1) is 19.3 Å². The molecular weight excluding hydrogens is 308 g/mol. The summed E-state index contributed by atoms with van der Waals surface area (Å²) in [4.78, 5) is 14.1. The van der Waals surface area contributed by atoms with Crippen LogP contribution in [0.5, 0.6) is 0 Å². The fraction of sp³-hybridized carbons (Fsp3) is 0.500. The molecule has 0 radical (unpaired) electrons. The van der Waals surface area contributed by atoms with Crippen molar-refractivity contribution in [3.05, 3.63) is 34.3 Å². The molecule has 1 fully saturated rings. The maximum absolute atomic E-state index is 12.2. The van der Waals surface area contributed by atoms with Gasteiger partial charge in [0.1, 0.15) is 0 Å². The van der Waals surface area contributed by atoms with Crippen molar-refractivity contribution in [3.8, 4) is 0 Å². The number of morpholine rings is 1. The zero-order valence-electron chi connectivity index (χ0n) is 11.1. The van der Waals surface area contributed by atoms with Gasteiger partial charge < -0.3 is 15.0 Å². The molecule has 5 heteroatoms.